The molecule has 124 valence electrons. The van der Waals surface area contributed by atoms with E-state index in [1.165, 1.54) is 0 Å². The SMILES string of the molecule is CC(C)OCc1ncn(C)n1.Cc1nnc(COC(C)C)o1. The first kappa shape index (κ1) is 18.2. The molecule has 2 rings (SSSR count). The van der Waals surface area contributed by atoms with E-state index in [2.05, 4.69) is 20.3 Å². The van der Waals surface area contributed by atoms with Crippen LogP contribution in [0.1, 0.15) is 45.3 Å². The molecule has 0 aliphatic carbocycles. The Labute approximate surface area is 130 Å². The molecule has 0 fully saturated rings. The van der Waals surface area contributed by atoms with Gasteiger partial charge >= 0.3 is 0 Å². The van der Waals surface area contributed by atoms with Crippen LogP contribution in [0.5, 0.6) is 0 Å². The fourth-order valence-corrected chi connectivity index (χ4v) is 1.33. The highest BCUT2D eigenvalue weighted by Crippen LogP contribution is 2.01. The van der Waals surface area contributed by atoms with Crippen molar-refractivity contribution < 1.29 is 13.9 Å². The first-order chi connectivity index (χ1) is 10.4. The van der Waals surface area contributed by atoms with Crippen molar-refractivity contribution in [2.45, 2.75) is 60.0 Å². The fraction of sp³-hybridized carbons (Fsp3) is 0.714. The number of aryl methyl sites for hydroxylation is 2. The molecule has 0 atom stereocenters. The number of aromatic nitrogens is 5. The Morgan fingerprint density at radius 2 is 1.73 bits per heavy atom. The minimum atomic E-state index is 0.196. The van der Waals surface area contributed by atoms with Crippen LogP contribution in [0.15, 0.2) is 10.7 Å². The number of hydrogen-bond acceptors (Lipinski definition) is 7. The van der Waals surface area contributed by atoms with Gasteiger partial charge in [-0.05, 0) is 27.7 Å². The maximum absolute atomic E-state index is 5.30. The third kappa shape index (κ3) is 7.84. The lowest BCUT2D eigenvalue weighted by molar-refractivity contribution is 0.0512. The zero-order chi connectivity index (χ0) is 16.5. The van der Waals surface area contributed by atoms with Gasteiger partial charge in [-0.1, -0.05) is 0 Å². The highest BCUT2D eigenvalue weighted by Gasteiger charge is 2.02. The molecule has 0 saturated carbocycles. The monoisotopic (exact) mass is 311 g/mol. The summed E-state index contributed by atoms with van der Waals surface area (Å²) in [5.41, 5.74) is 0. The maximum atomic E-state index is 5.30. The number of rotatable bonds is 6. The summed E-state index contributed by atoms with van der Waals surface area (Å²) < 4.78 is 17.3. The van der Waals surface area contributed by atoms with Crippen molar-refractivity contribution >= 4 is 0 Å². The number of hydrogen-bond donors (Lipinski definition) is 0. The van der Waals surface area contributed by atoms with E-state index < -0.39 is 0 Å². The molecular weight excluding hydrogens is 286 g/mol. The predicted octanol–water partition coefficient (Wildman–Crippen LogP) is 2.04. The molecular formula is C14H25N5O3. The Bertz CT molecular complexity index is 488. The average Bonchev–Trinajstić information content (AvgIpc) is 3.03. The van der Waals surface area contributed by atoms with E-state index in [0.29, 0.717) is 25.0 Å². The molecule has 0 aliphatic rings. The zero-order valence-corrected chi connectivity index (χ0v) is 14.1. The standard InChI is InChI=1S/C7H13N3O.C7H12N2O2/c1-6(2)11-4-7-8-5-10(3)9-7;1-5(2)10-4-7-9-8-6(3)11-7/h5-6H,4H2,1-3H3;5H,4H2,1-3H3. The summed E-state index contributed by atoms with van der Waals surface area (Å²) in [5, 5.41) is 11.5. The molecule has 0 amide bonds. The molecule has 0 saturated heterocycles. The molecule has 0 radical (unpaired) electrons. The summed E-state index contributed by atoms with van der Waals surface area (Å²) >= 11 is 0. The van der Waals surface area contributed by atoms with Crippen LogP contribution in [0.3, 0.4) is 0 Å². The third-order valence-corrected chi connectivity index (χ3v) is 2.30. The van der Waals surface area contributed by atoms with Gasteiger partial charge in [0.1, 0.15) is 19.5 Å². The second kappa shape index (κ2) is 9.26. The van der Waals surface area contributed by atoms with Crippen molar-refractivity contribution in [3.8, 4) is 0 Å². The molecule has 8 heteroatoms. The van der Waals surface area contributed by atoms with Crippen molar-refractivity contribution in [2.75, 3.05) is 0 Å². The van der Waals surface area contributed by atoms with E-state index in [9.17, 15) is 0 Å². The van der Waals surface area contributed by atoms with Crippen LogP contribution in [0.25, 0.3) is 0 Å². The van der Waals surface area contributed by atoms with E-state index in [0.717, 1.165) is 5.82 Å². The summed E-state index contributed by atoms with van der Waals surface area (Å²) in [6.45, 7) is 10.6. The van der Waals surface area contributed by atoms with Crippen molar-refractivity contribution in [2.24, 2.45) is 7.05 Å². The van der Waals surface area contributed by atoms with Crippen molar-refractivity contribution in [1.29, 1.82) is 0 Å². The van der Waals surface area contributed by atoms with Gasteiger partial charge in [0, 0.05) is 14.0 Å². The lowest BCUT2D eigenvalue weighted by Gasteiger charge is -2.02. The predicted molar refractivity (Wildman–Crippen MR) is 79.9 cm³/mol. The van der Waals surface area contributed by atoms with Crippen LogP contribution >= 0.6 is 0 Å². The second-order valence-corrected chi connectivity index (χ2v) is 5.27. The van der Waals surface area contributed by atoms with E-state index in [-0.39, 0.29) is 12.2 Å². The highest BCUT2D eigenvalue weighted by atomic mass is 16.5. The van der Waals surface area contributed by atoms with Crippen LogP contribution in [-0.2, 0) is 29.7 Å². The van der Waals surface area contributed by atoms with E-state index in [1.54, 1.807) is 17.9 Å². The quantitative estimate of drug-likeness (QED) is 0.806. The van der Waals surface area contributed by atoms with Crippen molar-refractivity contribution in [1.82, 2.24) is 25.0 Å². The summed E-state index contributed by atoms with van der Waals surface area (Å²) in [4.78, 5) is 4.01. The van der Waals surface area contributed by atoms with Crippen LogP contribution in [0.2, 0.25) is 0 Å². The Morgan fingerprint density at radius 1 is 1.09 bits per heavy atom. The van der Waals surface area contributed by atoms with Crippen LogP contribution in [0.4, 0.5) is 0 Å². The van der Waals surface area contributed by atoms with Gasteiger partial charge in [0.25, 0.3) is 0 Å². The molecule has 8 nitrogen and oxygen atoms in total. The topological polar surface area (TPSA) is 88.1 Å². The van der Waals surface area contributed by atoms with Gasteiger partial charge in [0.2, 0.25) is 11.8 Å². The van der Waals surface area contributed by atoms with Gasteiger partial charge in [-0.2, -0.15) is 5.10 Å². The minimum Gasteiger partial charge on any atom is -0.423 e. The summed E-state index contributed by atoms with van der Waals surface area (Å²) in [5.74, 6) is 1.85. The molecule has 2 aromatic rings. The molecule has 2 heterocycles. The maximum Gasteiger partial charge on any atom is 0.242 e. The minimum absolute atomic E-state index is 0.196. The Kier molecular flexibility index (Phi) is 7.69. The largest absolute Gasteiger partial charge is 0.423 e. The van der Waals surface area contributed by atoms with Crippen LogP contribution < -0.4 is 0 Å². The average molecular weight is 311 g/mol. The van der Waals surface area contributed by atoms with Gasteiger partial charge in [0.05, 0.1) is 12.2 Å². The van der Waals surface area contributed by atoms with E-state index >= 15 is 0 Å². The third-order valence-electron chi connectivity index (χ3n) is 2.30. The summed E-state index contributed by atoms with van der Waals surface area (Å²) in [6.07, 6.45) is 2.10. The molecule has 0 aromatic carbocycles. The van der Waals surface area contributed by atoms with E-state index in [4.69, 9.17) is 13.9 Å². The molecule has 0 bridgehead atoms. The Hall–Kier alpha value is -1.80. The molecule has 0 N–H and O–H groups in total. The Balaban J connectivity index is 0.000000220. The van der Waals surface area contributed by atoms with Crippen LogP contribution in [-0.4, -0.2) is 37.2 Å². The van der Waals surface area contributed by atoms with E-state index in [1.807, 2.05) is 34.7 Å². The van der Waals surface area contributed by atoms with Gasteiger partial charge in [0.15, 0.2) is 5.82 Å². The highest BCUT2D eigenvalue weighted by molar-refractivity contribution is 4.77. The molecule has 2 aromatic heterocycles. The molecule has 22 heavy (non-hydrogen) atoms. The summed E-state index contributed by atoms with van der Waals surface area (Å²) in [7, 11) is 1.84. The van der Waals surface area contributed by atoms with Crippen molar-refractivity contribution in [3.05, 3.63) is 23.9 Å². The molecule has 0 unspecified atom stereocenters. The fourth-order valence-electron chi connectivity index (χ4n) is 1.33. The lowest BCUT2D eigenvalue weighted by Crippen LogP contribution is -2.03. The summed E-state index contributed by atoms with van der Waals surface area (Å²) in [6, 6.07) is 0. The Morgan fingerprint density at radius 3 is 2.18 bits per heavy atom. The lowest BCUT2D eigenvalue weighted by atomic mass is 10.5. The van der Waals surface area contributed by atoms with Crippen molar-refractivity contribution in [3.63, 3.8) is 0 Å². The number of ether oxygens (including phenoxy) is 2. The van der Waals surface area contributed by atoms with Crippen LogP contribution in [0, 0.1) is 6.92 Å². The zero-order valence-electron chi connectivity index (χ0n) is 14.1. The van der Waals surface area contributed by atoms with Gasteiger partial charge < -0.3 is 13.9 Å². The molecule has 0 spiro atoms. The first-order valence-corrected chi connectivity index (χ1v) is 7.23. The normalized spacial score (nSPS) is 10.9. The smallest absolute Gasteiger partial charge is 0.242 e. The number of nitrogens with zero attached hydrogens (tertiary/aromatic N) is 5. The van der Waals surface area contributed by atoms with Gasteiger partial charge in [-0.3, -0.25) is 4.68 Å². The van der Waals surface area contributed by atoms with Gasteiger partial charge in [-0.25, -0.2) is 4.98 Å². The molecule has 0 aliphatic heterocycles. The van der Waals surface area contributed by atoms with Gasteiger partial charge in [-0.15, -0.1) is 10.2 Å². The second-order valence-electron chi connectivity index (χ2n) is 5.27. The first-order valence-electron chi connectivity index (χ1n) is 7.23.